The monoisotopic (exact) mass is 372 g/mol. The number of nitrogens with zero attached hydrogens (tertiary/aromatic N) is 4. The van der Waals surface area contributed by atoms with Gasteiger partial charge in [0.1, 0.15) is 5.60 Å². The molecule has 1 atom stereocenters. The first kappa shape index (κ1) is 19.2. The fourth-order valence-electron chi connectivity index (χ4n) is 3.16. The van der Waals surface area contributed by atoms with Gasteiger partial charge in [0.25, 0.3) is 5.88 Å². The van der Waals surface area contributed by atoms with Gasteiger partial charge in [-0.1, -0.05) is 12.1 Å². The molecule has 0 spiro atoms. The van der Waals surface area contributed by atoms with Gasteiger partial charge < -0.3 is 19.3 Å². The zero-order chi connectivity index (χ0) is 19.6. The molecule has 2 aromatic rings. The molecule has 3 rings (SSSR count). The Hall–Kier alpha value is -2.57. The van der Waals surface area contributed by atoms with Crippen LogP contribution in [0.4, 0.5) is 10.6 Å². The Morgan fingerprint density at radius 1 is 1.19 bits per heavy atom. The zero-order valence-electron chi connectivity index (χ0n) is 16.7. The third-order valence-corrected chi connectivity index (χ3v) is 4.35. The number of hydrogen-bond donors (Lipinski definition) is 0. The van der Waals surface area contributed by atoms with Crippen molar-refractivity contribution in [3.8, 4) is 5.88 Å². The molecule has 2 heterocycles. The molecule has 146 valence electrons. The van der Waals surface area contributed by atoms with Crippen LogP contribution in [-0.4, -0.2) is 58.8 Å². The van der Waals surface area contributed by atoms with Crippen LogP contribution in [0.25, 0.3) is 11.0 Å². The van der Waals surface area contributed by atoms with Gasteiger partial charge in [-0.3, -0.25) is 0 Å². The highest BCUT2D eigenvalue weighted by molar-refractivity contribution is 5.77. The van der Waals surface area contributed by atoms with Crippen molar-refractivity contribution in [2.45, 2.75) is 46.3 Å². The number of amides is 1. The SMILES string of the molecule is CCOc1nc2ccccc2nc1N1CCN(C(=O)OC(C)(C)C)C[C@@H]1C. The molecule has 1 saturated heterocycles. The van der Waals surface area contributed by atoms with Crippen molar-refractivity contribution < 1.29 is 14.3 Å². The van der Waals surface area contributed by atoms with E-state index < -0.39 is 5.60 Å². The Kier molecular flexibility index (Phi) is 5.39. The number of hydrogen-bond acceptors (Lipinski definition) is 6. The van der Waals surface area contributed by atoms with Crippen molar-refractivity contribution >= 4 is 22.9 Å². The Morgan fingerprint density at radius 2 is 1.85 bits per heavy atom. The predicted molar refractivity (Wildman–Crippen MR) is 105 cm³/mol. The molecule has 7 nitrogen and oxygen atoms in total. The van der Waals surface area contributed by atoms with E-state index in [1.165, 1.54) is 0 Å². The Morgan fingerprint density at radius 3 is 2.44 bits per heavy atom. The second-order valence-corrected chi connectivity index (χ2v) is 7.74. The van der Waals surface area contributed by atoms with Gasteiger partial charge >= 0.3 is 6.09 Å². The largest absolute Gasteiger partial charge is 0.475 e. The highest BCUT2D eigenvalue weighted by atomic mass is 16.6. The summed E-state index contributed by atoms with van der Waals surface area (Å²) in [5.41, 5.74) is 1.14. The van der Waals surface area contributed by atoms with Gasteiger partial charge in [-0.25, -0.2) is 14.8 Å². The van der Waals surface area contributed by atoms with Crippen molar-refractivity contribution in [3.05, 3.63) is 24.3 Å². The lowest BCUT2D eigenvalue weighted by Crippen LogP contribution is -2.55. The molecule has 1 amide bonds. The van der Waals surface area contributed by atoms with E-state index in [9.17, 15) is 4.79 Å². The number of para-hydroxylation sites is 2. The van der Waals surface area contributed by atoms with E-state index in [0.29, 0.717) is 32.1 Å². The number of benzene rings is 1. The molecule has 0 bridgehead atoms. The summed E-state index contributed by atoms with van der Waals surface area (Å²) < 4.78 is 11.3. The summed E-state index contributed by atoms with van der Waals surface area (Å²) >= 11 is 0. The van der Waals surface area contributed by atoms with E-state index >= 15 is 0 Å². The number of anilines is 1. The van der Waals surface area contributed by atoms with Crippen molar-refractivity contribution in [1.82, 2.24) is 14.9 Å². The minimum absolute atomic E-state index is 0.0703. The molecule has 0 aliphatic carbocycles. The minimum atomic E-state index is -0.497. The number of aromatic nitrogens is 2. The van der Waals surface area contributed by atoms with Crippen LogP contribution in [0.15, 0.2) is 24.3 Å². The molecule has 1 fully saturated rings. The highest BCUT2D eigenvalue weighted by Gasteiger charge is 2.32. The van der Waals surface area contributed by atoms with Gasteiger partial charge in [0.15, 0.2) is 5.82 Å². The molecule has 0 N–H and O–H groups in total. The third kappa shape index (κ3) is 4.40. The summed E-state index contributed by atoms with van der Waals surface area (Å²) in [6.45, 7) is 11.9. The molecular weight excluding hydrogens is 344 g/mol. The molecule has 0 radical (unpaired) electrons. The van der Waals surface area contributed by atoms with Crippen molar-refractivity contribution in [2.24, 2.45) is 0 Å². The molecular formula is C20H28N4O3. The minimum Gasteiger partial charge on any atom is -0.475 e. The van der Waals surface area contributed by atoms with Crippen LogP contribution in [0.1, 0.15) is 34.6 Å². The Labute approximate surface area is 160 Å². The first-order valence-electron chi connectivity index (χ1n) is 9.42. The molecule has 0 saturated carbocycles. The average Bonchev–Trinajstić information content (AvgIpc) is 2.60. The summed E-state index contributed by atoms with van der Waals surface area (Å²) in [4.78, 5) is 25.7. The standard InChI is InChI=1S/C20H28N4O3/c1-6-26-18-17(21-15-9-7-8-10-16(15)22-18)24-12-11-23(13-14(24)2)19(25)27-20(3,4)5/h7-10,14H,6,11-13H2,1-5H3/t14-/m0/s1. The lowest BCUT2D eigenvalue weighted by Gasteiger charge is -2.40. The van der Waals surface area contributed by atoms with Crippen LogP contribution in [-0.2, 0) is 4.74 Å². The van der Waals surface area contributed by atoms with Crippen LogP contribution < -0.4 is 9.64 Å². The molecule has 1 aromatic heterocycles. The summed E-state index contributed by atoms with van der Waals surface area (Å²) in [6, 6.07) is 7.84. The van der Waals surface area contributed by atoms with E-state index in [4.69, 9.17) is 14.5 Å². The molecule has 7 heteroatoms. The van der Waals surface area contributed by atoms with Gasteiger partial charge in [0.2, 0.25) is 0 Å². The normalized spacial score (nSPS) is 17.9. The first-order valence-corrected chi connectivity index (χ1v) is 9.42. The van der Waals surface area contributed by atoms with Crippen LogP contribution in [0.5, 0.6) is 5.88 Å². The zero-order valence-corrected chi connectivity index (χ0v) is 16.7. The topological polar surface area (TPSA) is 67.8 Å². The van der Waals surface area contributed by atoms with Crippen molar-refractivity contribution in [1.29, 1.82) is 0 Å². The van der Waals surface area contributed by atoms with E-state index in [2.05, 4.69) is 16.8 Å². The second kappa shape index (κ2) is 7.58. The van der Waals surface area contributed by atoms with Crippen molar-refractivity contribution in [2.75, 3.05) is 31.1 Å². The summed E-state index contributed by atoms with van der Waals surface area (Å²) in [6.07, 6.45) is -0.274. The van der Waals surface area contributed by atoms with Gasteiger partial charge in [-0.2, -0.15) is 0 Å². The maximum absolute atomic E-state index is 12.4. The van der Waals surface area contributed by atoms with Crippen LogP contribution in [0, 0.1) is 0 Å². The van der Waals surface area contributed by atoms with E-state index in [1.54, 1.807) is 4.90 Å². The predicted octanol–water partition coefficient (Wildman–Crippen LogP) is 3.47. The number of piperazine rings is 1. The van der Waals surface area contributed by atoms with Crippen LogP contribution in [0.2, 0.25) is 0 Å². The van der Waals surface area contributed by atoms with Gasteiger partial charge in [-0.15, -0.1) is 0 Å². The number of carbonyl (C=O) groups is 1. The van der Waals surface area contributed by atoms with E-state index in [0.717, 1.165) is 16.9 Å². The maximum atomic E-state index is 12.4. The number of fused-ring (bicyclic) bond motifs is 1. The number of carbonyl (C=O) groups excluding carboxylic acids is 1. The highest BCUT2D eigenvalue weighted by Crippen LogP contribution is 2.30. The summed E-state index contributed by atoms with van der Waals surface area (Å²) in [7, 11) is 0. The van der Waals surface area contributed by atoms with Gasteiger partial charge in [0, 0.05) is 25.7 Å². The molecule has 27 heavy (non-hydrogen) atoms. The molecule has 1 aromatic carbocycles. The van der Waals surface area contributed by atoms with E-state index in [-0.39, 0.29) is 12.1 Å². The number of rotatable bonds is 3. The van der Waals surface area contributed by atoms with Crippen molar-refractivity contribution in [3.63, 3.8) is 0 Å². The maximum Gasteiger partial charge on any atom is 0.410 e. The molecule has 1 aliphatic rings. The lowest BCUT2D eigenvalue weighted by molar-refractivity contribution is 0.0218. The average molecular weight is 372 g/mol. The first-order chi connectivity index (χ1) is 12.8. The second-order valence-electron chi connectivity index (χ2n) is 7.74. The summed E-state index contributed by atoms with van der Waals surface area (Å²) in [5, 5.41) is 0. The van der Waals surface area contributed by atoms with E-state index in [1.807, 2.05) is 52.0 Å². The number of ether oxygens (including phenoxy) is 2. The quantitative estimate of drug-likeness (QED) is 0.822. The Balaban J connectivity index is 1.83. The smallest absolute Gasteiger partial charge is 0.410 e. The van der Waals surface area contributed by atoms with Gasteiger partial charge in [0.05, 0.1) is 17.6 Å². The van der Waals surface area contributed by atoms with Crippen LogP contribution in [0.3, 0.4) is 0 Å². The fourth-order valence-corrected chi connectivity index (χ4v) is 3.16. The third-order valence-electron chi connectivity index (χ3n) is 4.35. The summed E-state index contributed by atoms with van der Waals surface area (Å²) in [5.74, 6) is 1.26. The van der Waals surface area contributed by atoms with Crippen LogP contribution >= 0.6 is 0 Å². The molecule has 0 unspecified atom stereocenters. The fraction of sp³-hybridized carbons (Fsp3) is 0.550. The Bertz CT molecular complexity index is 818. The van der Waals surface area contributed by atoms with Gasteiger partial charge in [-0.05, 0) is 46.8 Å². The molecule has 1 aliphatic heterocycles. The lowest BCUT2D eigenvalue weighted by atomic mass is 10.2.